The number of unbranched alkanes of at least 4 members (excludes halogenated alkanes) is 23. The van der Waals surface area contributed by atoms with Gasteiger partial charge in [-0.1, -0.05) is 161 Å². The van der Waals surface area contributed by atoms with Crippen molar-refractivity contribution >= 4 is 17.9 Å². The highest BCUT2D eigenvalue weighted by Crippen LogP contribution is 2.13. The Morgan fingerprint density at radius 3 is 1.06 bits per heavy atom. The summed E-state index contributed by atoms with van der Waals surface area (Å²) in [5, 5.41) is 0. The van der Waals surface area contributed by atoms with Gasteiger partial charge in [0.1, 0.15) is 13.2 Å². The average Bonchev–Trinajstić information content (AvgIpc) is 3.06. The van der Waals surface area contributed by atoms with Crippen molar-refractivity contribution in [3.63, 3.8) is 0 Å². The van der Waals surface area contributed by atoms with Gasteiger partial charge in [0.15, 0.2) is 6.10 Å². The Hall–Kier alpha value is -1.85. The second-order valence-corrected chi connectivity index (χ2v) is 13.6. The van der Waals surface area contributed by atoms with Crippen molar-refractivity contribution in [1.29, 1.82) is 0 Å². The minimum atomic E-state index is -0.759. The van der Waals surface area contributed by atoms with E-state index in [9.17, 15) is 14.4 Å². The lowest BCUT2D eigenvalue weighted by atomic mass is 10.1. The van der Waals surface area contributed by atoms with Gasteiger partial charge in [0, 0.05) is 19.3 Å². The zero-order valence-corrected chi connectivity index (χ0v) is 31.3. The number of allylic oxidation sites excluding steroid dienone is 2. The molecule has 0 saturated heterocycles. The molecule has 0 spiro atoms. The van der Waals surface area contributed by atoms with Crippen molar-refractivity contribution in [2.45, 2.75) is 219 Å². The monoisotopic (exact) mass is 665 g/mol. The van der Waals surface area contributed by atoms with Crippen LogP contribution < -0.4 is 0 Å². The molecule has 6 nitrogen and oxygen atoms in total. The van der Waals surface area contributed by atoms with Gasteiger partial charge in [-0.05, 0) is 44.9 Å². The highest BCUT2D eigenvalue weighted by atomic mass is 16.6. The van der Waals surface area contributed by atoms with E-state index in [1.807, 2.05) is 0 Å². The van der Waals surface area contributed by atoms with Crippen LogP contribution in [0.2, 0.25) is 0 Å². The SMILES string of the molecule is CCCCCCCCC/C=C\CCCCCCCCCC(=O)OCC(COC(=O)CCCCCCC)OC(=O)CCCCCCCC. The Kier molecular flexibility index (Phi) is 35.5. The zero-order chi connectivity index (χ0) is 34.5. The van der Waals surface area contributed by atoms with Crippen LogP contribution in [0.4, 0.5) is 0 Å². The van der Waals surface area contributed by atoms with Gasteiger partial charge in [0.25, 0.3) is 0 Å². The van der Waals surface area contributed by atoms with Crippen molar-refractivity contribution < 1.29 is 28.6 Å². The highest BCUT2D eigenvalue weighted by molar-refractivity contribution is 5.71. The number of carbonyl (C=O) groups excluding carboxylic acids is 3. The summed E-state index contributed by atoms with van der Waals surface area (Å²) in [7, 11) is 0. The van der Waals surface area contributed by atoms with Crippen LogP contribution in [0, 0.1) is 0 Å². The number of rotatable bonds is 36. The molecule has 0 rings (SSSR count). The lowest BCUT2D eigenvalue weighted by Crippen LogP contribution is -2.30. The largest absolute Gasteiger partial charge is 0.462 e. The fraction of sp³-hybridized carbons (Fsp3) is 0.878. The van der Waals surface area contributed by atoms with Crippen molar-refractivity contribution in [2.24, 2.45) is 0 Å². The summed E-state index contributed by atoms with van der Waals surface area (Å²) in [5.74, 6) is -0.899. The molecular weight excluding hydrogens is 588 g/mol. The molecule has 1 atom stereocenters. The molecule has 0 aliphatic carbocycles. The number of esters is 3. The summed E-state index contributed by atoms with van der Waals surface area (Å²) in [5.41, 5.74) is 0. The van der Waals surface area contributed by atoms with Crippen LogP contribution in [0.25, 0.3) is 0 Å². The summed E-state index contributed by atoms with van der Waals surface area (Å²) in [6.07, 6.45) is 36.8. The van der Waals surface area contributed by atoms with E-state index in [2.05, 4.69) is 32.9 Å². The Labute approximate surface area is 290 Å². The van der Waals surface area contributed by atoms with Gasteiger partial charge in [-0.15, -0.1) is 0 Å². The molecule has 0 heterocycles. The van der Waals surface area contributed by atoms with Gasteiger partial charge in [-0.2, -0.15) is 0 Å². The van der Waals surface area contributed by atoms with Gasteiger partial charge in [0.2, 0.25) is 0 Å². The van der Waals surface area contributed by atoms with Gasteiger partial charge >= 0.3 is 17.9 Å². The maximum atomic E-state index is 12.5. The zero-order valence-electron chi connectivity index (χ0n) is 31.3. The van der Waals surface area contributed by atoms with Crippen molar-refractivity contribution in [3.8, 4) is 0 Å². The average molecular weight is 665 g/mol. The molecule has 0 amide bonds. The molecule has 0 fully saturated rings. The van der Waals surface area contributed by atoms with E-state index in [4.69, 9.17) is 14.2 Å². The molecule has 0 aliphatic rings. The lowest BCUT2D eigenvalue weighted by molar-refractivity contribution is -0.167. The molecular formula is C41H76O6. The van der Waals surface area contributed by atoms with E-state index < -0.39 is 6.10 Å². The van der Waals surface area contributed by atoms with Crippen LogP contribution in [-0.2, 0) is 28.6 Å². The normalized spacial score (nSPS) is 12.0. The smallest absolute Gasteiger partial charge is 0.306 e. The first kappa shape index (κ1) is 45.2. The molecule has 276 valence electrons. The van der Waals surface area contributed by atoms with Crippen LogP contribution >= 0.6 is 0 Å². The molecule has 0 bridgehead atoms. The van der Waals surface area contributed by atoms with E-state index in [1.54, 1.807) is 0 Å². The summed E-state index contributed by atoms with van der Waals surface area (Å²) in [4.78, 5) is 37.1. The molecule has 0 radical (unpaired) electrons. The van der Waals surface area contributed by atoms with Crippen LogP contribution in [0.3, 0.4) is 0 Å². The molecule has 0 aromatic carbocycles. The maximum Gasteiger partial charge on any atom is 0.306 e. The molecule has 47 heavy (non-hydrogen) atoms. The first-order valence-electron chi connectivity index (χ1n) is 20.2. The third-order valence-corrected chi connectivity index (χ3v) is 8.77. The number of hydrogen-bond donors (Lipinski definition) is 0. The standard InChI is InChI=1S/C41H76O6/c1-4-7-10-13-15-16-17-18-19-20-21-22-23-24-25-26-29-31-34-40(43)46-37-38(36-45-39(42)33-30-27-12-9-6-3)47-41(44)35-32-28-14-11-8-5-2/h19-20,38H,4-18,21-37H2,1-3H3/b20-19-. The Morgan fingerprint density at radius 1 is 0.404 bits per heavy atom. The highest BCUT2D eigenvalue weighted by Gasteiger charge is 2.19. The molecule has 0 aromatic rings. The van der Waals surface area contributed by atoms with Crippen molar-refractivity contribution in [3.05, 3.63) is 12.2 Å². The second kappa shape index (κ2) is 37.0. The van der Waals surface area contributed by atoms with Crippen LogP contribution in [-0.4, -0.2) is 37.2 Å². The molecule has 1 unspecified atom stereocenters. The summed E-state index contributed by atoms with van der Waals surface area (Å²) in [6, 6.07) is 0. The minimum absolute atomic E-state index is 0.0711. The Morgan fingerprint density at radius 2 is 0.702 bits per heavy atom. The predicted molar refractivity (Wildman–Crippen MR) is 196 cm³/mol. The number of carbonyl (C=O) groups is 3. The first-order chi connectivity index (χ1) is 23.0. The molecule has 0 aromatic heterocycles. The summed E-state index contributed by atoms with van der Waals surface area (Å²) >= 11 is 0. The first-order valence-corrected chi connectivity index (χ1v) is 20.2. The predicted octanol–water partition coefficient (Wildman–Crippen LogP) is 12.3. The summed E-state index contributed by atoms with van der Waals surface area (Å²) < 4.78 is 16.4. The summed E-state index contributed by atoms with van der Waals surface area (Å²) in [6.45, 7) is 6.47. The van der Waals surface area contributed by atoms with Gasteiger partial charge in [-0.25, -0.2) is 0 Å². The van der Waals surface area contributed by atoms with Gasteiger partial charge in [-0.3, -0.25) is 14.4 Å². The maximum absolute atomic E-state index is 12.5. The second-order valence-electron chi connectivity index (χ2n) is 13.6. The van der Waals surface area contributed by atoms with Gasteiger partial charge in [0.05, 0.1) is 0 Å². The van der Waals surface area contributed by atoms with E-state index in [0.29, 0.717) is 19.3 Å². The topological polar surface area (TPSA) is 78.9 Å². The van der Waals surface area contributed by atoms with Crippen LogP contribution in [0.5, 0.6) is 0 Å². The Balaban J connectivity index is 4.08. The minimum Gasteiger partial charge on any atom is -0.462 e. The van der Waals surface area contributed by atoms with Crippen LogP contribution in [0.15, 0.2) is 12.2 Å². The number of hydrogen-bond acceptors (Lipinski definition) is 6. The fourth-order valence-corrected chi connectivity index (χ4v) is 5.67. The van der Waals surface area contributed by atoms with Gasteiger partial charge < -0.3 is 14.2 Å². The molecule has 0 N–H and O–H groups in total. The molecule has 0 saturated carbocycles. The van der Waals surface area contributed by atoms with Crippen LogP contribution in [0.1, 0.15) is 213 Å². The fourth-order valence-electron chi connectivity index (χ4n) is 5.67. The third kappa shape index (κ3) is 35.3. The lowest BCUT2D eigenvalue weighted by Gasteiger charge is -2.18. The van der Waals surface area contributed by atoms with E-state index in [-0.39, 0.29) is 31.1 Å². The van der Waals surface area contributed by atoms with E-state index in [1.165, 1.54) is 109 Å². The quantitative estimate of drug-likeness (QED) is 0.0287. The Bertz CT molecular complexity index is 733. The molecule has 6 heteroatoms. The van der Waals surface area contributed by atoms with E-state index >= 15 is 0 Å². The van der Waals surface area contributed by atoms with Crippen molar-refractivity contribution in [1.82, 2.24) is 0 Å². The van der Waals surface area contributed by atoms with E-state index in [0.717, 1.165) is 64.2 Å². The van der Waals surface area contributed by atoms with Crippen molar-refractivity contribution in [2.75, 3.05) is 13.2 Å². The third-order valence-electron chi connectivity index (χ3n) is 8.77. The number of ether oxygens (including phenoxy) is 3. The molecule has 0 aliphatic heterocycles.